The van der Waals surface area contributed by atoms with Crippen LogP contribution in [0.25, 0.3) is 0 Å². The first-order valence-corrected chi connectivity index (χ1v) is 11.4. The van der Waals surface area contributed by atoms with Crippen molar-refractivity contribution in [3.8, 4) is 11.5 Å². The molecule has 2 heterocycles. The monoisotopic (exact) mass is 438 g/mol. The van der Waals surface area contributed by atoms with E-state index in [0.29, 0.717) is 43.1 Å². The number of nitrogens with one attached hydrogen (secondary N) is 1. The molecular formula is C23H26N4O3S. The number of urea groups is 1. The summed E-state index contributed by atoms with van der Waals surface area (Å²) in [5, 5.41) is 3.91. The highest BCUT2D eigenvalue weighted by Crippen LogP contribution is 2.35. The number of methoxy groups -OCH3 is 2. The molecule has 2 amide bonds. The molecule has 8 heteroatoms. The molecule has 0 atom stereocenters. The third-order valence-electron chi connectivity index (χ3n) is 5.56. The molecule has 0 bridgehead atoms. The van der Waals surface area contributed by atoms with E-state index in [1.54, 1.807) is 44.2 Å². The summed E-state index contributed by atoms with van der Waals surface area (Å²) in [6, 6.07) is 15.4. The van der Waals surface area contributed by atoms with Crippen LogP contribution in [0.4, 0.5) is 10.5 Å². The maximum absolute atomic E-state index is 12.8. The molecule has 2 aromatic rings. The zero-order chi connectivity index (χ0) is 21.8. The summed E-state index contributed by atoms with van der Waals surface area (Å²) in [5.74, 6) is 1.20. The van der Waals surface area contributed by atoms with Crippen LogP contribution in [-0.4, -0.2) is 60.9 Å². The normalized spacial score (nSPS) is 17.2. The number of likely N-dealkylation sites (tertiary alicyclic amines) is 1. The lowest BCUT2D eigenvalue weighted by atomic mass is 9.98. The van der Waals surface area contributed by atoms with Gasteiger partial charge in [0.2, 0.25) is 0 Å². The number of rotatable bonds is 4. The molecule has 4 rings (SSSR count). The molecule has 1 spiro atoms. The zero-order valence-electron chi connectivity index (χ0n) is 17.9. The number of hydrogen-bond acceptors (Lipinski definition) is 6. The fourth-order valence-corrected chi connectivity index (χ4v) is 4.48. The highest BCUT2D eigenvalue weighted by molar-refractivity contribution is 8.15. The van der Waals surface area contributed by atoms with E-state index in [1.165, 1.54) is 0 Å². The van der Waals surface area contributed by atoms with Crippen molar-refractivity contribution in [1.82, 2.24) is 4.90 Å². The predicted molar refractivity (Wildman–Crippen MR) is 126 cm³/mol. The summed E-state index contributed by atoms with van der Waals surface area (Å²) in [4.78, 5) is 24.6. The Bertz CT molecular complexity index is 1010. The number of aliphatic imine (C=N–C) groups is 2. The fraction of sp³-hybridized carbons (Fsp3) is 0.348. The summed E-state index contributed by atoms with van der Waals surface area (Å²) in [6.07, 6.45) is 3.43. The number of ether oxygens (including phenoxy) is 2. The van der Waals surface area contributed by atoms with Crippen molar-refractivity contribution < 1.29 is 14.3 Å². The third kappa shape index (κ3) is 4.39. The number of nitrogens with zero attached hydrogens (tertiary/aromatic N) is 3. The topological polar surface area (TPSA) is 75.5 Å². The molecule has 0 unspecified atom stereocenters. The van der Waals surface area contributed by atoms with E-state index in [4.69, 9.17) is 19.5 Å². The van der Waals surface area contributed by atoms with Crippen LogP contribution in [-0.2, 0) is 0 Å². The first kappa shape index (κ1) is 21.2. The van der Waals surface area contributed by atoms with Gasteiger partial charge in [0.1, 0.15) is 5.04 Å². The summed E-state index contributed by atoms with van der Waals surface area (Å²) in [5.41, 5.74) is 2.23. The molecule has 31 heavy (non-hydrogen) atoms. The van der Waals surface area contributed by atoms with E-state index in [2.05, 4.69) is 17.4 Å². The molecule has 0 saturated carbocycles. The molecule has 162 valence electrons. The number of hydrogen-bond donors (Lipinski definition) is 1. The Morgan fingerprint density at radius 3 is 2.39 bits per heavy atom. The second-order valence-electron chi connectivity index (χ2n) is 7.42. The van der Waals surface area contributed by atoms with Gasteiger partial charge in [-0.1, -0.05) is 30.3 Å². The minimum absolute atomic E-state index is 0.138. The van der Waals surface area contributed by atoms with Crippen molar-refractivity contribution in [2.45, 2.75) is 18.5 Å². The zero-order valence-corrected chi connectivity index (χ0v) is 18.7. The molecular weight excluding hydrogens is 412 g/mol. The van der Waals surface area contributed by atoms with Crippen LogP contribution in [0.2, 0.25) is 0 Å². The van der Waals surface area contributed by atoms with Crippen LogP contribution < -0.4 is 14.8 Å². The molecule has 0 aromatic heterocycles. The van der Waals surface area contributed by atoms with Crippen LogP contribution in [0.1, 0.15) is 18.4 Å². The summed E-state index contributed by atoms with van der Waals surface area (Å²) in [7, 11) is 3.15. The molecule has 2 aliphatic heterocycles. The molecule has 1 N–H and O–H groups in total. The molecule has 2 aromatic carbocycles. The minimum Gasteiger partial charge on any atom is -0.493 e. The second kappa shape index (κ2) is 9.01. The van der Waals surface area contributed by atoms with Gasteiger partial charge in [-0.3, -0.25) is 4.99 Å². The van der Waals surface area contributed by atoms with Crippen molar-refractivity contribution in [3.63, 3.8) is 0 Å². The van der Waals surface area contributed by atoms with E-state index in [0.717, 1.165) is 16.3 Å². The van der Waals surface area contributed by atoms with Gasteiger partial charge in [0.15, 0.2) is 17.2 Å². The predicted octanol–water partition coefficient (Wildman–Crippen LogP) is 4.29. The lowest BCUT2D eigenvalue weighted by Crippen LogP contribution is -2.46. The number of carbonyl (C=O) groups excluding carboxylic acids is 1. The first-order chi connectivity index (χ1) is 15.1. The van der Waals surface area contributed by atoms with Crippen LogP contribution in [0.5, 0.6) is 11.5 Å². The number of benzene rings is 2. The van der Waals surface area contributed by atoms with Crippen LogP contribution >= 0.6 is 11.8 Å². The molecule has 7 nitrogen and oxygen atoms in total. The second-order valence-corrected chi connectivity index (χ2v) is 8.21. The van der Waals surface area contributed by atoms with E-state index in [1.807, 2.05) is 29.4 Å². The Morgan fingerprint density at radius 1 is 1.03 bits per heavy atom. The molecule has 0 aliphatic carbocycles. The lowest BCUT2D eigenvalue weighted by molar-refractivity contribution is 0.175. The fourth-order valence-electron chi connectivity index (χ4n) is 3.86. The van der Waals surface area contributed by atoms with Gasteiger partial charge in [0.05, 0.1) is 19.9 Å². The SMILES string of the molecule is COc1ccc(NC(=O)N2CCC3(CC2)N=C(SC)C(c2ccccc2)=N3)cc1OC. The number of anilines is 1. The third-order valence-corrected chi connectivity index (χ3v) is 6.23. The Kier molecular flexibility index (Phi) is 6.18. The number of amides is 2. The molecule has 0 radical (unpaired) electrons. The van der Waals surface area contributed by atoms with Gasteiger partial charge in [-0.15, -0.1) is 11.8 Å². The number of piperidine rings is 1. The highest BCUT2D eigenvalue weighted by Gasteiger charge is 2.40. The molecule has 1 saturated heterocycles. The van der Waals surface area contributed by atoms with E-state index >= 15 is 0 Å². The maximum atomic E-state index is 12.8. The average molecular weight is 439 g/mol. The Balaban J connectivity index is 1.43. The van der Waals surface area contributed by atoms with Gasteiger partial charge in [0, 0.05) is 43.2 Å². The number of carbonyl (C=O) groups is 1. The lowest BCUT2D eigenvalue weighted by Gasteiger charge is -2.35. The average Bonchev–Trinajstić information content (AvgIpc) is 3.18. The van der Waals surface area contributed by atoms with E-state index in [9.17, 15) is 4.79 Å². The van der Waals surface area contributed by atoms with Crippen molar-refractivity contribution in [1.29, 1.82) is 0 Å². The first-order valence-electron chi connectivity index (χ1n) is 10.1. The van der Waals surface area contributed by atoms with Gasteiger partial charge in [-0.2, -0.15) is 0 Å². The van der Waals surface area contributed by atoms with Crippen LogP contribution in [0.15, 0.2) is 58.5 Å². The van der Waals surface area contributed by atoms with E-state index < -0.39 is 5.66 Å². The molecule has 2 aliphatic rings. The standard InChI is InChI=1S/C23H26N4O3S/c1-29-18-10-9-17(15-19(18)30-2)24-22(28)27-13-11-23(12-14-27)25-20(21(26-23)31-3)16-7-5-4-6-8-16/h4-10,15H,11-14H2,1-3H3,(H,24,28). The number of thioether (sulfide) groups is 1. The van der Waals surface area contributed by atoms with Crippen molar-refractivity contribution in [3.05, 3.63) is 54.1 Å². The van der Waals surface area contributed by atoms with Crippen molar-refractivity contribution in [2.24, 2.45) is 9.98 Å². The van der Waals surface area contributed by atoms with Crippen LogP contribution in [0.3, 0.4) is 0 Å². The van der Waals surface area contributed by atoms with Crippen molar-refractivity contribution >= 4 is 34.2 Å². The molecule has 1 fully saturated rings. The van der Waals surface area contributed by atoms with Gasteiger partial charge in [-0.25, -0.2) is 9.79 Å². The van der Waals surface area contributed by atoms with Gasteiger partial charge in [-0.05, 0) is 18.4 Å². The van der Waals surface area contributed by atoms with Gasteiger partial charge >= 0.3 is 6.03 Å². The maximum Gasteiger partial charge on any atom is 0.321 e. The van der Waals surface area contributed by atoms with Gasteiger partial charge < -0.3 is 19.7 Å². The largest absolute Gasteiger partial charge is 0.493 e. The Hall–Kier alpha value is -3.00. The quantitative estimate of drug-likeness (QED) is 0.773. The smallest absolute Gasteiger partial charge is 0.321 e. The summed E-state index contributed by atoms with van der Waals surface area (Å²) >= 11 is 1.62. The van der Waals surface area contributed by atoms with Crippen LogP contribution in [0, 0.1) is 0 Å². The summed E-state index contributed by atoms with van der Waals surface area (Å²) < 4.78 is 10.6. The van der Waals surface area contributed by atoms with Gasteiger partial charge in [0.25, 0.3) is 0 Å². The Morgan fingerprint density at radius 2 is 1.74 bits per heavy atom. The highest BCUT2D eigenvalue weighted by atomic mass is 32.2. The Labute approximate surface area is 186 Å². The van der Waals surface area contributed by atoms with E-state index in [-0.39, 0.29) is 6.03 Å². The summed E-state index contributed by atoms with van der Waals surface area (Å²) in [6.45, 7) is 1.19. The van der Waals surface area contributed by atoms with Crippen molar-refractivity contribution in [2.75, 3.05) is 38.9 Å². The minimum atomic E-state index is -0.469.